The molecule has 0 aliphatic rings. The zero-order valence-electron chi connectivity index (χ0n) is 14.9. The first-order valence-corrected chi connectivity index (χ1v) is 8.13. The summed E-state index contributed by atoms with van der Waals surface area (Å²) in [4.78, 5) is 0. The summed E-state index contributed by atoms with van der Waals surface area (Å²) in [6.45, 7) is 17.8. The van der Waals surface area contributed by atoms with Crippen LogP contribution in [0, 0.1) is 6.92 Å². The average molecular weight is 293 g/mol. The molecule has 0 saturated heterocycles. The van der Waals surface area contributed by atoms with Crippen LogP contribution in [0.4, 0.5) is 0 Å². The first-order valence-electron chi connectivity index (χ1n) is 8.13. The maximum atomic E-state index is 4.36. The zero-order valence-corrected chi connectivity index (χ0v) is 14.9. The van der Waals surface area contributed by atoms with E-state index < -0.39 is 0 Å². The Kier molecular flexibility index (Phi) is 4.52. The maximum Gasteiger partial charge on any atom is 0.00896 e. The molecule has 0 spiro atoms. The highest BCUT2D eigenvalue weighted by molar-refractivity contribution is 5.38. The third-order valence-electron chi connectivity index (χ3n) is 4.36. The van der Waals surface area contributed by atoms with Gasteiger partial charge >= 0.3 is 0 Å². The van der Waals surface area contributed by atoms with Gasteiger partial charge in [-0.3, -0.25) is 0 Å². The highest BCUT2D eigenvalue weighted by atomic mass is 14.2. The normalized spacial score (nSPS) is 12.7. The second-order valence-electron chi connectivity index (χ2n) is 8.30. The molecule has 0 nitrogen and oxygen atoms in total. The van der Waals surface area contributed by atoms with Gasteiger partial charge in [0.1, 0.15) is 0 Å². The maximum absolute atomic E-state index is 4.36. The molecule has 2 aromatic rings. The number of hydrogen-bond acceptors (Lipinski definition) is 0. The predicted octanol–water partition coefficient (Wildman–Crippen LogP) is 6.25. The van der Waals surface area contributed by atoms with Gasteiger partial charge in [-0.2, -0.15) is 0 Å². The molecule has 0 bridgehead atoms. The minimum absolute atomic E-state index is 0.183. The molecule has 0 unspecified atom stereocenters. The quantitative estimate of drug-likeness (QED) is 0.614. The third kappa shape index (κ3) is 3.80. The second-order valence-corrected chi connectivity index (χ2v) is 8.30. The summed E-state index contributed by atoms with van der Waals surface area (Å²) in [7, 11) is 0. The highest BCUT2D eigenvalue weighted by Crippen LogP contribution is 2.29. The second kappa shape index (κ2) is 5.91. The lowest BCUT2D eigenvalue weighted by atomic mass is 9.83. The molecule has 0 N–H and O–H groups in total. The summed E-state index contributed by atoms with van der Waals surface area (Å²) >= 11 is 0. The van der Waals surface area contributed by atoms with E-state index in [0.717, 1.165) is 0 Å². The molecule has 0 aromatic heterocycles. The minimum atomic E-state index is 0.183. The highest BCUT2D eigenvalue weighted by Gasteiger charge is 2.16. The van der Waals surface area contributed by atoms with Crippen molar-refractivity contribution in [1.82, 2.24) is 0 Å². The van der Waals surface area contributed by atoms with Crippen molar-refractivity contribution in [2.45, 2.75) is 58.3 Å². The van der Waals surface area contributed by atoms with Gasteiger partial charge < -0.3 is 0 Å². The Morgan fingerprint density at radius 2 is 0.864 bits per heavy atom. The van der Waals surface area contributed by atoms with Crippen molar-refractivity contribution in [3.8, 4) is 0 Å². The van der Waals surface area contributed by atoms with Gasteiger partial charge in [0.25, 0.3) is 0 Å². The predicted molar refractivity (Wildman–Crippen MR) is 97.5 cm³/mol. The Morgan fingerprint density at radius 1 is 0.591 bits per heavy atom. The summed E-state index contributed by atoms with van der Waals surface area (Å²) in [6.07, 6.45) is 0. The molecule has 0 saturated carbocycles. The molecule has 0 heteroatoms. The smallest absolute Gasteiger partial charge is 0.00896 e. The van der Waals surface area contributed by atoms with Crippen LogP contribution in [-0.4, -0.2) is 0 Å². The fraction of sp³-hybridized carbons (Fsp3) is 0.409. The van der Waals surface area contributed by atoms with E-state index in [2.05, 4.69) is 97.0 Å². The first-order chi connectivity index (χ1) is 10.1. The molecule has 0 aliphatic carbocycles. The van der Waals surface area contributed by atoms with Crippen molar-refractivity contribution < 1.29 is 0 Å². The van der Waals surface area contributed by atoms with Crippen molar-refractivity contribution in [3.05, 3.63) is 77.7 Å². The van der Waals surface area contributed by atoms with E-state index in [-0.39, 0.29) is 16.7 Å². The zero-order chi connectivity index (χ0) is 16.5. The van der Waals surface area contributed by atoms with E-state index in [1.807, 2.05) is 0 Å². The number of hydrogen-bond donors (Lipinski definition) is 0. The van der Waals surface area contributed by atoms with Gasteiger partial charge in [-0.15, -0.1) is 0 Å². The van der Waals surface area contributed by atoms with Gasteiger partial charge in [-0.1, -0.05) is 90.1 Å². The molecule has 0 aliphatic heterocycles. The van der Waals surface area contributed by atoms with E-state index in [0.29, 0.717) is 0 Å². The summed E-state index contributed by atoms with van der Waals surface area (Å²) in [5.41, 5.74) is 5.68. The van der Waals surface area contributed by atoms with Crippen LogP contribution in [0.15, 0.2) is 48.5 Å². The Labute approximate surface area is 136 Å². The topological polar surface area (TPSA) is 0 Å². The van der Waals surface area contributed by atoms with E-state index in [1.165, 1.54) is 22.3 Å². The van der Waals surface area contributed by atoms with Crippen LogP contribution in [0.3, 0.4) is 0 Å². The van der Waals surface area contributed by atoms with E-state index in [1.54, 1.807) is 0 Å². The van der Waals surface area contributed by atoms with Crippen LogP contribution in [0.5, 0.6) is 0 Å². The molecule has 0 amide bonds. The molecule has 2 rings (SSSR count). The molecule has 0 atom stereocenters. The fourth-order valence-electron chi connectivity index (χ4n) is 2.62. The van der Waals surface area contributed by atoms with Crippen LogP contribution in [0.1, 0.15) is 69.7 Å². The van der Waals surface area contributed by atoms with Gasteiger partial charge in [0.05, 0.1) is 0 Å². The Morgan fingerprint density at radius 3 is 1.09 bits per heavy atom. The molecule has 0 fully saturated rings. The Balaban J connectivity index is 2.23. The van der Waals surface area contributed by atoms with Gasteiger partial charge in [0, 0.05) is 5.92 Å². The monoisotopic (exact) mass is 293 g/mol. The van der Waals surface area contributed by atoms with Gasteiger partial charge in [-0.25, -0.2) is 0 Å². The SMILES string of the molecule is [CH2]C(c1ccc(C(C)(C)C)cc1)c1ccc(C(C)(C)C)cc1. The minimum Gasteiger partial charge on any atom is -0.0582 e. The summed E-state index contributed by atoms with van der Waals surface area (Å²) in [5, 5.41) is 0. The molecule has 117 valence electrons. The molecule has 2 aromatic carbocycles. The lowest BCUT2D eigenvalue weighted by molar-refractivity contribution is 0.590. The summed E-state index contributed by atoms with van der Waals surface area (Å²) in [5.74, 6) is 0.183. The number of benzene rings is 2. The van der Waals surface area contributed by atoms with E-state index in [4.69, 9.17) is 0 Å². The molecular weight excluding hydrogens is 264 g/mol. The molecule has 0 heterocycles. The Hall–Kier alpha value is -1.56. The lowest BCUT2D eigenvalue weighted by Gasteiger charge is -2.22. The van der Waals surface area contributed by atoms with Crippen LogP contribution >= 0.6 is 0 Å². The Bertz CT molecular complexity index is 544. The van der Waals surface area contributed by atoms with Crippen LogP contribution in [0.2, 0.25) is 0 Å². The standard InChI is InChI=1S/C22H29/c1-16(17-8-12-19(13-9-17)21(2,3)4)18-10-14-20(15-11-18)22(5,6)7/h8-16H,1H2,2-7H3. The first kappa shape index (κ1) is 16.8. The van der Waals surface area contributed by atoms with Gasteiger partial charge in [0.2, 0.25) is 0 Å². The van der Waals surface area contributed by atoms with Crippen molar-refractivity contribution in [3.63, 3.8) is 0 Å². The molecular formula is C22H29. The van der Waals surface area contributed by atoms with Gasteiger partial charge in [0.15, 0.2) is 0 Å². The lowest BCUT2D eigenvalue weighted by Crippen LogP contribution is -2.11. The van der Waals surface area contributed by atoms with E-state index >= 15 is 0 Å². The number of rotatable bonds is 2. The van der Waals surface area contributed by atoms with Crippen LogP contribution in [-0.2, 0) is 10.8 Å². The van der Waals surface area contributed by atoms with Crippen molar-refractivity contribution in [1.29, 1.82) is 0 Å². The van der Waals surface area contributed by atoms with E-state index in [9.17, 15) is 0 Å². The van der Waals surface area contributed by atoms with Crippen molar-refractivity contribution in [2.75, 3.05) is 0 Å². The average Bonchev–Trinajstić information content (AvgIpc) is 2.45. The summed E-state index contributed by atoms with van der Waals surface area (Å²) in [6, 6.07) is 17.8. The fourth-order valence-corrected chi connectivity index (χ4v) is 2.62. The molecule has 22 heavy (non-hydrogen) atoms. The van der Waals surface area contributed by atoms with Crippen molar-refractivity contribution >= 4 is 0 Å². The summed E-state index contributed by atoms with van der Waals surface area (Å²) < 4.78 is 0. The van der Waals surface area contributed by atoms with Crippen molar-refractivity contribution in [2.24, 2.45) is 0 Å². The third-order valence-corrected chi connectivity index (χ3v) is 4.36. The van der Waals surface area contributed by atoms with Crippen LogP contribution in [0.25, 0.3) is 0 Å². The largest absolute Gasteiger partial charge is 0.0582 e. The van der Waals surface area contributed by atoms with Crippen LogP contribution < -0.4 is 0 Å². The molecule has 1 radical (unpaired) electrons. The van der Waals surface area contributed by atoms with Gasteiger partial charge in [-0.05, 0) is 40.0 Å².